The predicted octanol–water partition coefficient (Wildman–Crippen LogP) is 6.75. The van der Waals surface area contributed by atoms with Crippen LogP contribution in [-0.4, -0.2) is 16.9 Å². The summed E-state index contributed by atoms with van der Waals surface area (Å²) in [5.41, 5.74) is 3.16. The van der Waals surface area contributed by atoms with E-state index in [2.05, 4.69) is 16.0 Å². The van der Waals surface area contributed by atoms with E-state index in [-0.39, 0.29) is 11.0 Å². The van der Waals surface area contributed by atoms with Crippen LogP contribution in [0.15, 0.2) is 82.6 Å². The van der Waals surface area contributed by atoms with Crippen molar-refractivity contribution in [2.24, 2.45) is 0 Å². The van der Waals surface area contributed by atoms with Crippen molar-refractivity contribution in [2.45, 2.75) is 6.92 Å². The maximum atomic E-state index is 12.2. The van der Waals surface area contributed by atoms with Crippen LogP contribution in [0.25, 0.3) is 17.4 Å². The zero-order valence-electron chi connectivity index (χ0n) is 18.5. The van der Waals surface area contributed by atoms with Crippen molar-refractivity contribution in [3.05, 3.63) is 99.4 Å². The van der Waals surface area contributed by atoms with Crippen molar-refractivity contribution < 1.29 is 14.0 Å². The number of thiophene rings is 1. The molecule has 0 aliphatic rings. The number of halogens is 1. The Labute approximate surface area is 216 Å². The first-order valence-electron chi connectivity index (χ1n) is 10.5. The largest absolute Gasteiger partial charge is 0.457 e. The van der Waals surface area contributed by atoms with E-state index in [1.54, 1.807) is 42.5 Å². The van der Waals surface area contributed by atoms with Crippen molar-refractivity contribution in [1.29, 1.82) is 0 Å². The molecule has 0 spiro atoms. The van der Waals surface area contributed by atoms with E-state index >= 15 is 0 Å². The van der Waals surface area contributed by atoms with Crippen molar-refractivity contribution >= 4 is 69.5 Å². The van der Waals surface area contributed by atoms with E-state index in [0.717, 1.165) is 11.1 Å². The maximum absolute atomic E-state index is 12.2. The number of rotatable bonds is 6. The molecule has 4 aromatic rings. The molecule has 0 radical (unpaired) electrons. The highest BCUT2D eigenvalue weighted by Gasteiger charge is 2.08. The first-order chi connectivity index (χ1) is 16.9. The molecule has 176 valence electrons. The molecule has 2 heterocycles. The van der Waals surface area contributed by atoms with Crippen LogP contribution >= 0.6 is 35.2 Å². The van der Waals surface area contributed by atoms with Gasteiger partial charge in [0, 0.05) is 28.0 Å². The van der Waals surface area contributed by atoms with Crippen LogP contribution < -0.4 is 16.0 Å². The molecule has 2 amide bonds. The second-order valence-electron chi connectivity index (χ2n) is 7.45. The van der Waals surface area contributed by atoms with Crippen molar-refractivity contribution in [3.63, 3.8) is 0 Å². The Morgan fingerprint density at radius 1 is 1.00 bits per heavy atom. The molecule has 4 rings (SSSR count). The van der Waals surface area contributed by atoms with Gasteiger partial charge in [-0.1, -0.05) is 29.8 Å². The minimum Gasteiger partial charge on any atom is -0.457 e. The normalized spacial score (nSPS) is 10.8. The fraction of sp³-hybridized carbons (Fsp3) is 0.0385. The second-order valence-corrected chi connectivity index (χ2v) is 9.21. The van der Waals surface area contributed by atoms with E-state index in [1.807, 2.05) is 42.6 Å². The molecule has 9 heteroatoms. The minimum absolute atomic E-state index is 0.143. The van der Waals surface area contributed by atoms with Gasteiger partial charge < -0.3 is 15.1 Å². The van der Waals surface area contributed by atoms with Gasteiger partial charge in [0.25, 0.3) is 5.91 Å². The summed E-state index contributed by atoms with van der Waals surface area (Å²) in [7, 11) is 0. The topological polar surface area (TPSA) is 83.4 Å². The molecule has 0 aliphatic carbocycles. The lowest BCUT2D eigenvalue weighted by atomic mass is 10.1. The zero-order valence-corrected chi connectivity index (χ0v) is 20.9. The highest BCUT2D eigenvalue weighted by molar-refractivity contribution is 7.80. The number of nitrogens with one attached hydrogen (secondary N) is 3. The van der Waals surface area contributed by atoms with Crippen LogP contribution in [0.2, 0.25) is 5.02 Å². The van der Waals surface area contributed by atoms with Gasteiger partial charge in [0.1, 0.15) is 11.5 Å². The van der Waals surface area contributed by atoms with Gasteiger partial charge in [0.15, 0.2) is 5.11 Å². The number of aryl methyl sites for hydroxylation is 1. The Hall–Kier alpha value is -3.72. The molecule has 0 bridgehead atoms. The predicted molar refractivity (Wildman–Crippen MR) is 146 cm³/mol. The summed E-state index contributed by atoms with van der Waals surface area (Å²) in [6.07, 6.45) is 2.89. The van der Waals surface area contributed by atoms with Crippen LogP contribution in [0.3, 0.4) is 0 Å². The smallest absolute Gasteiger partial charge is 0.265 e. The number of hydrogen-bond acceptors (Lipinski definition) is 5. The quantitative estimate of drug-likeness (QED) is 0.193. The van der Waals surface area contributed by atoms with Gasteiger partial charge >= 0.3 is 0 Å². The molecule has 6 nitrogen and oxygen atoms in total. The number of benzene rings is 2. The van der Waals surface area contributed by atoms with E-state index in [0.29, 0.717) is 32.8 Å². The summed E-state index contributed by atoms with van der Waals surface area (Å²) in [4.78, 5) is 25.0. The first kappa shape index (κ1) is 24.4. The summed E-state index contributed by atoms with van der Waals surface area (Å²) in [5, 5.41) is 11.0. The molecule has 2 aromatic heterocycles. The third-order valence-electron chi connectivity index (χ3n) is 4.86. The Kier molecular flexibility index (Phi) is 7.77. The highest BCUT2D eigenvalue weighted by atomic mass is 35.5. The van der Waals surface area contributed by atoms with Crippen LogP contribution in [0.1, 0.15) is 21.0 Å². The third-order valence-corrected chi connectivity index (χ3v) is 6.34. The van der Waals surface area contributed by atoms with Gasteiger partial charge in [0.05, 0.1) is 4.88 Å². The first-order valence-corrected chi connectivity index (χ1v) is 12.2. The molecule has 0 fully saturated rings. The fourth-order valence-electron chi connectivity index (χ4n) is 3.05. The zero-order chi connectivity index (χ0) is 24.8. The summed E-state index contributed by atoms with van der Waals surface area (Å²) >= 11 is 12.8. The lowest BCUT2D eigenvalue weighted by molar-refractivity contribution is -0.115. The van der Waals surface area contributed by atoms with Gasteiger partial charge in [-0.05, 0) is 84.7 Å². The van der Waals surface area contributed by atoms with E-state index in [4.69, 9.17) is 28.2 Å². The van der Waals surface area contributed by atoms with Crippen LogP contribution in [0, 0.1) is 6.92 Å². The fourth-order valence-corrected chi connectivity index (χ4v) is 4.07. The highest BCUT2D eigenvalue weighted by Crippen LogP contribution is 2.27. The number of amides is 2. The van der Waals surface area contributed by atoms with Gasteiger partial charge in [-0.15, -0.1) is 11.3 Å². The summed E-state index contributed by atoms with van der Waals surface area (Å²) in [6, 6.07) is 19.8. The molecule has 35 heavy (non-hydrogen) atoms. The van der Waals surface area contributed by atoms with Gasteiger partial charge in [-0.25, -0.2) is 0 Å². The van der Waals surface area contributed by atoms with Gasteiger partial charge in [-0.3, -0.25) is 14.9 Å². The monoisotopic (exact) mass is 521 g/mol. The van der Waals surface area contributed by atoms with Crippen molar-refractivity contribution in [2.75, 3.05) is 10.6 Å². The minimum atomic E-state index is -0.404. The molecule has 0 saturated heterocycles. The number of furan rings is 1. The Balaban J connectivity index is 1.28. The number of hydrogen-bond donors (Lipinski definition) is 3. The lowest BCUT2D eigenvalue weighted by Crippen LogP contribution is -2.32. The summed E-state index contributed by atoms with van der Waals surface area (Å²) in [5.74, 6) is 0.602. The molecule has 2 aromatic carbocycles. The average Bonchev–Trinajstić information content (AvgIpc) is 3.53. The molecule has 0 saturated carbocycles. The van der Waals surface area contributed by atoms with E-state index in [9.17, 15) is 9.59 Å². The van der Waals surface area contributed by atoms with Crippen LogP contribution in [0.4, 0.5) is 11.4 Å². The van der Waals surface area contributed by atoms with Crippen LogP contribution in [-0.2, 0) is 4.79 Å². The third kappa shape index (κ3) is 6.66. The standard InChI is InChI=1S/C26H20ClN3O3S2/c1-16-4-5-17(15-21(16)27)22-12-10-20(33-22)11-13-24(31)30-26(34)29-19-8-6-18(7-9-19)28-25(32)23-3-2-14-35-23/h2-15H,1H3,(H,28,32)(H2,29,30,31,34)/b13-11+. The molecular weight excluding hydrogens is 502 g/mol. The lowest BCUT2D eigenvalue weighted by Gasteiger charge is -2.09. The Morgan fingerprint density at radius 2 is 1.74 bits per heavy atom. The van der Waals surface area contributed by atoms with E-state index in [1.165, 1.54) is 17.4 Å². The molecule has 0 aliphatic heterocycles. The Morgan fingerprint density at radius 3 is 2.43 bits per heavy atom. The molecule has 0 atom stereocenters. The Bertz CT molecular complexity index is 1390. The molecule has 0 unspecified atom stereocenters. The summed E-state index contributed by atoms with van der Waals surface area (Å²) in [6.45, 7) is 1.93. The van der Waals surface area contributed by atoms with Crippen LogP contribution in [0.5, 0.6) is 0 Å². The second kappa shape index (κ2) is 11.1. The number of carbonyl (C=O) groups excluding carboxylic acids is 2. The molecule has 3 N–H and O–H groups in total. The van der Waals surface area contributed by atoms with Crippen molar-refractivity contribution in [3.8, 4) is 11.3 Å². The number of thiocarbonyl (C=S) groups is 1. The SMILES string of the molecule is Cc1ccc(-c2ccc(/C=C/C(=O)NC(=S)Nc3ccc(NC(=O)c4cccs4)cc3)o2)cc1Cl. The number of carbonyl (C=O) groups is 2. The van der Waals surface area contributed by atoms with Crippen molar-refractivity contribution in [1.82, 2.24) is 5.32 Å². The number of anilines is 2. The van der Waals surface area contributed by atoms with Gasteiger partial charge in [0.2, 0.25) is 5.91 Å². The average molecular weight is 522 g/mol. The molecular formula is C26H20ClN3O3S2. The summed E-state index contributed by atoms with van der Waals surface area (Å²) < 4.78 is 5.77. The maximum Gasteiger partial charge on any atom is 0.265 e. The van der Waals surface area contributed by atoms with E-state index < -0.39 is 5.91 Å². The van der Waals surface area contributed by atoms with Gasteiger partial charge in [-0.2, -0.15) is 0 Å².